The van der Waals surface area contributed by atoms with Gasteiger partial charge in [0, 0.05) is 10.3 Å². The van der Waals surface area contributed by atoms with Gasteiger partial charge in [-0.2, -0.15) is 0 Å². The van der Waals surface area contributed by atoms with Gasteiger partial charge in [0.15, 0.2) is 6.29 Å². The first-order valence-corrected chi connectivity index (χ1v) is 7.41. The second-order valence-electron chi connectivity index (χ2n) is 4.57. The van der Waals surface area contributed by atoms with Crippen LogP contribution in [-0.4, -0.2) is 13.4 Å². The number of fused-ring (bicyclic) bond motifs is 1. The predicted octanol–water partition coefficient (Wildman–Crippen LogP) is 4.30. The van der Waals surface area contributed by atoms with E-state index in [2.05, 4.69) is 17.5 Å². The molecule has 1 heterocycles. The molecule has 0 spiro atoms. The lowest BCUT2D eigenvalue weighted by Gasteiger charge is -2.09. The zero-order valence-corrected chi connectivity index (χ0v) is 12.4. The minimum atomic E-state index is 0.442. The number of carbonyl (C=O) groups excluding carboxylic acids is 1. The number of rotatable bonds is 5. The summed E-state index contributed by atoms with van der Waals surface area (Å²) in [5, 5.41) is 3.29. The molecule has 2 aromatic carbocycles. The third-order valence-corrected chi connectivity index (χ3v) is 4.30. The molecule has 3 rings (SSSR count). The van der Waals surface area contributed by atoms with E-state index in [1.165, 1.54) is 10.1 Å². The predicted molar refractivity (Wildman–Crippen MR) is 84.5 cm³/mol. The van der Waals surface area contributed by atoms with Gasteiger partial charge in [-0.15, -0.1) is 11.3 Å². The summed E-state index contributed by atoms with van der Waals surface area (Å²) in [4.78, 5) is 11.1. The normalized spacial score (nSPS) is 10.5. The van der Waals surface area contributed by atoms with Crippen molar-refractivity contribution < 1.29 is 14.3 Å². The van der Waals surface area contributed by atoms with Crippen molar-refractivity contribution in [2.75, 3.05) is 7.11 Å². The van der Waals surface area contributed by atoms with Gasteiger partial charge in [-0.3, -0.25) is 4.79 Å². The van der Waals surface area contributed by atoms with E-state index in [1.54, 1.807) is 36.6 Å². The first kappa shape index (κ1) is 13.6. The highest BCUT2D eigenvalue weighted by Gasteiger charge is 2.08. The Morgan fingerprint density at radius 2 is 2.05 bits per heavy atom. The van der Waals surface area contributed by atoms with E-state index in [0.29, 0.717) is 23.7 Å². The maximum Gasteiger partial charge on any atom is 0.153 e. The van der Waals surface area contributed by atoms with Gasteiger partial charge in [-0.05, 0) is 35.0 Å². The van der Waals surface area contributed by atoms with Crippen molar-refractivity contribution in [2.45, 2.75) is 6.61 Å². The molecule has 106 valence electrons. The van der Waals surface area contributed by atoms with Crippen LogP contribution in [0.4, 0.5) is 0 Å². The average molecular weight is 298 g/mol. The van der Waals surface area contributed by atoms with Gasteiger partial charge >= 0.3 is 0 Å². The molecule has 4 heteroatoms. The van der Waals surface area contributed by atoms with Gasteiger partial charge in [0.1, 0.15) is 18.1 Å². The summed E-state index contributed by atoms with van der Waals surface area (Å²) in [5.41, 5.74) is 1.62. The second-order valence-corrected chi connectivity index (χ2v) is 5.48. The van der Waals surface area contributed by atoms with E-state index in [0.717, 1.165) is 11.8 Å². The van der Waals surface area contributed by atoms with Gasteiger partial charge in [-0.1, -0.05) is 18.2 Å². The molecule has 21 heavy (non-hydrogen) atoms. The highest BCUT2D eigenvalue weighted by molar-refractivity contribution is 7.17. The van der Waals surface area contributed by atoms with E-state index in [9.17, 15) is 4.79 Å². The average Bonchev–Trinajstić information content (AvgIpc) is 2.96. The topological polar surface area (TPSA) is 35.5 Å². The maximum absolute atomic E-state index is 11.1. The first-order chi connectivity index (χ1) is 10.3. The standard InChI is InChI=1S/C17H14O3S/c1-19-14-6-7-16(12(8-14)9-18)20-10-13-11-21-17-5-3-2-4-15(13)17/h2-9,11H,10H2,1H3. The van der Waals surface area contributed by atoms with Crippen LogP contribution in [0, 0.1) is 0 Å². The zero-order chi connectivity index (χ0) is 14.7. The molecule has 0 atom stereocenters. The smallest absolute Gasteiger partial charge is 0.153 e. The summed E-state index contributed by atoms with van der Waals surface area (Å²) in [7, 11) is 1.57. The van der Waals surface area contributed by atoms with Crippen LogP contribution in [0.3, 0.4) is 0 Å². The highest BCUT2D eigenvalue weighted by Crippen LogP contribution is 2.28. The van der Waals surface area contributed by atoms with Crippen LogP contribution in [-0.2, 0) is 6.61 Å². The van der Waals surface area contributed by atoms with E-state index in [4.69, 9.17) is 9.47 Å². The second kappa shape index (κ2) is 5.97. The number of methoxy groups -OCH3 is 1. The number of hydrogen-bond donors (Lipinski definition) is 0. The fraction of sp³-hybridized carbons (Fsp3) is 0.118. The molecule has 0 radical (unpaired) electrons. The molecular weight excluding hydrogens is 284 g/mol. The zero-order valence-electron chi connectivity index (χ0n) is 11.5. The molecular formula is C17H14O3S. The minimum Gasteiger partial charge on any atom is -0.497 e. The summed E-state index contributed by atoms with van der Waals surface area (Å²) < 4.78 is 12.1. The van der Waals surface area contributed by atoms with E-state index in [-0.39, 0.29) is 0 Å². The minimum absolute atomic E-state index is 0.442. The van der Waals surface area contributed by atoms with Crippen molar-refractivity contribution >= 4 is 27.7 Å². The molecule has 3 nitrogen and oxygen atoms in total. The summed E-state index contributed by atoms with van der Waals surface area (Å²) in [6, 6.07) is 13.4. The summed E-state index contributed by atoms with van der Waals surface area (Å²) >= 11 is 1.70. The van der Waals surface area contributed by atoms with Crippen LogP contribution in [0.1, 0.15) is 15.9 Å². The lowest BCUT2D eigenvalue weighted by Crippen LogP contribution is -1.98. The SMILES string of the molecule is COc1ccc(OCc2csc3ccccc23)c(C=O)c1. The Morgan fingerprint density at radius 3 is 2.86 bits per heavy atom. The van der Waals surface area contributed by atoms with Crippen molar-refractivity contribution in [1.82, 2.24) is 0 Å². The van der Waals surface area contributed by atoms with Crippen LogP contribution in [0.2, 0.25) is 0 Å². The van der Waals surface area contributed by atoms with E-state index >= 15 is 0 Å². The Labute approximate surface area is 126 Å². The third-order valence-electron chi connectivity index (χ3n) is 3.29. The van der Waals surface area contributed by atoms with E-state index < -0.39 is 0 Å². The number of hydrogen-bond acceptors (Lipinski definition) is 4. The quantitative estimate of drug-likeness (QED) is 0.659. The monoisotopic (exact) mass is 298 g/mol. The molecule has 0 aliphatic rings. The van der Waals surface area contributed by atoms with Gasteiger partial charge in [-0.25, -0.2) is 0 Å². The van der Waals surface area contributed by atoms with Gasteiger partial charge in [0.05, 0.1) is 12.7 Å². The summed E-state index contributed by atoms with van der Waals surface area (Å²) in [6.45, 7) is 0.442. The lowest BCUT2D eigenvalue weighted by molar-refractivity contribution is 0.111. The first-order valence-electron chi connectivity index (χ1n) is 6.53. The highest BCUT2D eigenvalue weighted by atomic mass is 32.1. The summed E-state index contributed by atoms with van der Waals surface area (Å²) in [5.74, 6) is 1.21. The third kappa shape index (κ3) is 2.76. The van der Waals surface area contributed by atoms with Crippen molar-refractivity contribution in [1.29, 1.82) is 0 Å². The Kier molecular flexibility index (Phi) is 3.88. The fourth-order valence-electron chi connectivity index (χ4n) is 2.18. The van der Waals surface area contributed by atoms with Crippen LogP contribution in [0.5, 0.6) is 11.5 Å². The van der Waals surface area contributed by atoms with Crippen molar-refractivity contribution in [2.24, 2.45) is 0 Å². The largest absolute Gasteiger partial charge is 0.497 e. The number of thiophene rings is 1. The Bertz CT molecular complexity index is 777. The molecule has 0 N–H and O–H groups in total. The van der Waals surface area contributed by atoms with Crippen LogP contribution >= 0.6 is 11.3 Å². The van der Waals surface area contributed by atoms with E-state index in [1.807, 2.05) is 12.1 Å². The van der Waals surface area contributed by atoms with Gasteiger partial charge in [0.2, 0.25) is 0 Å². The molecule has 0 bridgehead atoms. The molecule has 0 saturated carbocycles. The Morgan fingerprint density at radius 1 is 1.19 bits per heavy atom. The summed E-state index contributed by atoms with van der Waals surface area (Å²) in [6.07, 6.45) is 0.781. The number of aldehydes is 1. The lowest BCUT2D eigenvalue weighted by atomic mass is 10.2. The molecule has 1 aromatic heterocycles. The molecule has 0 unspecified atom stereocenters. The van der Waals surface area contributed by atoms with Gasteiger partial charge in [0.25, 0.3) is 0 Å². The number of ether oxygens (including phenoxy) is 2. The molecule has 0 amide bonds. The Hall–Kier alpha value is -2.33. The molecule has 0 saturated heterocycles. The molecule has 0 aliphatic carbocycles. The molecule has 3 aromatic rings. The van der Waals surface area contributed by atoms with Crippen molar-refractivity contribution in [3.8, 4) is 11.5 Å². The van der Waals surface area contributed by atoms with Crippen LogP contribution in [0.25, 0.3) is 10.1 Å². The number of carbonyl (C=O) groups is 1. The van der Waals surface area contributed by atoms with Crippen LogP contribution < -0.4 is 9.47 Å². The molecule has 0 fully saturated rings. The van der Waals surface area contributed by atoms with Crippen molar-refractivity contribution in [3.05, 3.63) is 59.0 Å². The van der Waals surface area contributed by atoms with Crippen molar-refractivity contribution in [3.63, 3.8) is 0 Å². The molecule has 0 aliphatic heterocycles. The number of benzene rings is 2. The fourth-order valence-corrected chi connectivity index (χ4v) is 3.12. The van der Waals surface area contributed by atoms with Crippen LogP contribution in [0.15, 0.2) is 47.8 Å². The maximum atomic E-state index is 11.1. The Balaban J connectivity index is 1.83. The van der Waals surface area contributed by atoms with Gasteiger partial charge < -0.3 is 9.47 Å².